The van der Waals surface area contributed by atoms with Crippen LogP contribution in [0.1, 0.15) is 11.4 Å². The maximum absolute atomic E-state index is 8.93. The molecule has 0 amide bonds. The number of nitrogens with zero attached hydrogens (tertiary/aromatic N) is 2. The van der Waals surface area contributed by atoms with Gasteiger partial charge in [-0.05, 0) is 13.8 Å². The van der Waals surface area contributed by atoms with Crippen molar-refractivity contribution in [3.8, 4) is 0 Å². The quantitative estimate of drug-likeness (QED) is 0.283. The molecule has 0 aliphatic rings. The summed E-state index contributed by atoms with van der Waals surface area (Å²) in [5, 5.41) is 17.9. The summed E-state index contributed by atoms with van der Waals surface area (Å²) >= 11 is 5.30. The van der Waals surface area contributed by atoms with Gasteiger partial charge in [-0.25, -0.2) is 17.6 Å². The van der Waals surface area contributed by atoms with Crippen molar-refractivity contribution in [3.05, 3.63) is 22.2 Å². The summed E-state index contributed by atoms with van der Waals surface area (Å²) in [7, 11) is -4.92. The van der Waals surface area contributed by atoms with Gasteiger partial charge in [-0.2, -0.15) is 0 Å². The first kappa shape index (κ1) is 19.1. The Hall–Kier alpha value is -0.910. The van der Waals surface area contributed by atoms with Crippen LogP contribution in [0.5, 0.6) is 0 Å². The number of hydrogen-bond acceptors (Lipinski definition) is 6. The molecule has 0 saturated carbocycles. The van der Waals surface area contributed by atoms with E-state index in [1.807, 2.05) is 29.0 Å². The molecule has 8 nitrogen and oxygen atoms in total. The molecule has 1 aromatic rings. The lowest BCUT2D eigenvalue weighted by molar-refractivity contribution is -0.714. The molecule has 1 aromatic heterocycles. The smallest absolute Gasteiger partial charge is 0.351 e. The number of aryl methyl sites for hydroxylation is 2. The van der Waals surface area contributed by atoms with E-state index in [2.05, 4.69) is 0 Å². The molecular weight excluding hydrogens is 308 g/mol. The molecule has 1 rings (SSSR count). The van der Waals surface area contributed by atoms with Crippen LogP contribution < -0.4 is 4.57 Å². The van der Waals surface area contributed by atoms with Crippen LogP contribution in [0.4, 0.5) is 0 Å². The minimum absolute atomic E-state index is 0.0668. The number of aliphatic hydroxyl groups excluding tert-OH is 2. The summed E-state index contributed by atoms with van der Waals surface area (Å²) in [4.78, 5) is 0. The van der Waals surface area contributed by atoms with Gasteiger partial charge in [0.2, 0.25) is 10.4 Å². The van der Waals surface area contributed by atoms with Crippen LogP contribution in [0, 0.1) is 18.6 Å². The topological polar surface area (TPSA) is 127 Å². The number of aromatic nitrogens is 2. The van der Waals surface area contributed by atoms with Gasteiger partial charge in [-0.3, -0.25) is 4.55 Å². The molecule has 20 heavy (non-hydrogen) atoms. The van der Waals surface area contributed by atoms with Gasteiger partial charge in [0.25, 0.3) is 0 Å². The summed E-state index contributed by atoms with van der Waals surface area (Å²) in [6.45, 7) is 5.05. The second kappa shape index (κ2) is 8.39. The highest BCUT2D eigenvalue weighted by Gasteiger charge is 2.12. The monoisotopic (exact) mass is 326 g/mol. The van der Waals surface area contributed by atoms with Gasteiger partial charge in [0.15, 0.2) is 0 Å². The molecule has 3 N–H and O–H groups in total. The fraction of sp³-hybridized carbons (Fsp3) is 0.600. The van der Waals surface area contributed by atoms with Crippen LogP contribution in [0.3, 0.4) is 0 Å². The second-order valence-corrected chi connectivity index (χ2v) is 5.11. The standard InChI is InChI=1S/C10H17N2O2S.H2O4S/c1-8-7-9(2)12(4-6-14)10(15)11(8)3-5-13;1-5(2,3)4/h7,13-14H,3-6H2,1-2H3;(H2,1,2,3,4)/q+1;/p-1. The Kier molecular flexibility index (Phi) is 8.01. The normalized spacial score (nSPS) is 10.9. The van der Waals surface area contributed by atoms with Crippen LogP contribution in [0.15, 0.2) is 6.07 Å². The van der Waals surface area contributed by atoms with Crippen molar-refractivity contribution in [3.63, 3.8) is 0 Å². The SMILES string of the molecule is Cc1cc(C)[n+](CCO)c(=S)n1CCO.O=S(=O)([O-])O. The van der Waals surface area contributed by atoms with E-state index in [-0.39, 0.29) is 13.2 Å². The van der Waals surface area contributed by atoms with E-state index < -0.39 is 10.4 Å². The maximum Gasteiger partial charge on any atom is 0.351 e. The van der Waals surface area contributed by atoms with E-state index in [1.54, 1.807) is 0 Å². The van der Waals surface area contributed by atoms with Crippen LogP contribution in [0.25, 0.3) is 0 Å². The third-order valence-corrected chi connectivity index (χ3v) is 2.82. The molecular formula is C10H18N2O6S2. The molecule has 10 heteroatoms. The molecule has 0 aliphatic heterocycles. The van der Waals surface area contributed by atoms with Crippen LogP contribution in [0.2, 0.25) is 0 Å². The van der Waals surface area contributed by atoms with Crippen molar-refractivity contribution in [2.75, 3.05) is 13.2 Å². The Morgan fingerprint density at radius 1 is 1.35 bits per heavy atom. The number of rotatable bonds is 4. The summed E-state index contributed by atoms with van der Waals surface area (Å²) in [5.41, 5.74) is 2.06. The van der Waals surface area contributed by atoms with Gasteiger partial charge >= 0.3 is 4.77 Å². The fourth-order valence-electron chi connectivity index (χ4n) is 1.65. The van der Waals surface area contributed by atoms with Crippen molar-refractivity contribution in [1.29, 1.82) is 0 Å². The summed E-state index contributed by atoms with van der Waals surface area (Å²) < 4.78 is 37.2. The molecule has 0 aliphatic carbocycles. The van der Waals surface area contributed by atoms with Gasteiger partial charge in [0, 0.05) is 18.3 Å². The highest BCUT2D eigenvalue weighted by atomic mass is 32.3. The lowest BCUT2D eigenvalue weighted by Crippen LogP contribution is -2.43. The lowest BCUT2D eigenvalue weighted by Gasteiger charge is -2.08. The zero-order valence-corrected chi connectivity index (χ0v) is 12.8. The summed E-state index contributed by atoms with van der Waals surface area (Å²) in [6, 6.07) is 2.00. The fourth-order valence-corrected chi connectivity index (χ4v) is 2.12. The van der Waals surface area contributed by atoms with Gasteiger partial charge in [0.05, 0.1) is 13.2 Å². The largest absolute Gasteiger partial charge is 0.726 e. The van der Waals surface area contributed by atoms with E-state index in [0.717, 1.165) is 11.4 Å². The highest BCUT2D eigenvalue weighted by Crippen LogP contribution is 2.01. The first-order valence-corrected chi connectivity index (χ1v) is 7.40. The third-order valence-electron chi connectivity index (χ3n) is 2.38. The van der Waals surface area contributed by atoms with E-state index >= 15 is 0 Å². The number of aliphatic hydroxyl groups is 2. The van der Waals surface area contributed by atoms with Crippen molar-refractivity contribution in [2.24, 2.45) is 0 Å². The maximum atomic E-state index is 8.93. The van der Waals surface area contributed by atoms with E-state index in [9.17, 15) is 0 Å². The molecule has 0 spiro atoms. The van der Waals surface area contributed by atoms with Crippen molar-refractivity contribution in [1.82, 2.24) is 4.57 Å². The average Bonchev–Trinajstić information content (AvgIpc) is 2.28. The van der Waals surface area contributed by atoms with Crippen molar-refractivity contribution < 1.29 is 32.3 Å². The predicted molar refractivity (Wildman–Crippen MR) is 71.4 cm³/mol. The van der Waals surface area contributed by atoms with E-state index in [0.29, 0.717) is 17.9 Å². The second-order valence-electron chi connectivity index (χ2n) is 3.89. The van der Waals surface area contributed by atoms with Gasteiger partial charge in [0.1, 0.15) is 24.5 Å². The Labute approximate surface area is 122 Å². The molecule has 1 heterocycles. The van der Waals surface area contributed by atoms with E-state index in [4.69, 9.17) is 40.0 Å². The first-order chi connectivity index (χ1) is 9.11. The molecule has 0 radical (unpaired) electrons. The highest BCUT2D eigenvalue weighted by molar-refractivity contribution is 7.79. The molecule has 0 bridgehead atoms. The molecule has 0 unspecified atom stereocenters. The summed E-state index contributed by atoms with van der Waals surface area (Å²) in [6.07, 6.45) is 0. The molecule has 0 atom stereocenters. The van der Waals surface area contributed by atoms with Gasteiger partial charge in [-0.1, -0.05) is 0 Å². The average molecular weight is 326 g/mol. The molecule has 0 saturated heterocycles. The predicted octanol–water partition coefficient (Wildman–Crippen LogP) is -0.889. The summed E-state index contributed by atoms with van der Waals surface area (Å²) in [5.74, 6) is 0. The zero-order valence-electron chi connectivity index (χ0n) is 11.2. The van der Waals surface area contributed by atoms with Crippen molar-refractivity contribution in [2.45, 2.75) is 26.9 Å². The van der Waals surface area contributed by atoms with Crippen LogP contribution in [-0.2, 0) is 23.5 Å². The van der Waals surface area contributed by atoms with Gasteiger partial charge in [-0.15, -0.1) is 0 Å². The van der Waals surface area contributed by atoms with Gasteiger partial charge < -0.3 is 14.8 Å². The van der Waals surface area contributed by atoms with E-state index in [1.165, 1.54) is 0 Å². The first-order valence-electron chi connectivity index (χ1n) is 5.62. The molecule has 0 aromatic carbocycles. The molecule has 0 fully saturated rings. The molecule has 116 valence electrons. The van der Waals surface area contributed by atoms with Crippen molar-refractivity contribution >= 4 is 22.6 Å². The Bertz CT molecular complexity index is 555. The number of hydrogen-bond donors (Lipinski definition) is 3. The Morgan fingerprint density at radius 2 is 1.85 bits per heavy atom. The Balaban J connectivity index is 0.000000621. The third kappa shape index (κ3) is 7.03. The minimum atomic E-state index is -4.92. The Morgan fingerprint density at radius 3 is 2.25 bits per heavy atom. The van der Waals surface area contributed by atoms with Crippen LogP contribution >= 0.6 is 12.2 Å². The minimum Gasteiger partial charge on any atom is -0.726 e. The lowest BCUT2D eigenvalue weighted by atomic mass is 10.3. The zero-order chi connectivity index (χ0) is 15.9. The van der Waals surface area contributed by atoms with Crippen LogP contribution in [-0.4, -0.2) is 45.5 Å².